The zero-order chi connectivity index (χ0) is 12.5. The Bertz CT molecular complexity index is 321. The molecule has 0 bridgehead atoms. The molecule has 1 aliphatic rings. The van der Waals surface area contributed by atoms with Crippen LogP contribution in [-0.2, 0) is 12.8 Å². The van der Waals surface area contributed by atoms with Crippen molar-refractivity contribution in [1.82, 2.24) is 4.98 Å². The molecule has 0 amide bonds. The van der Waals surface area contributed by atoms with Crippen LogP contribution in [-0.4, -0.2) is 11.5 Å². The fraction of sp³-hybridized carbons (Fsp3) is 0.667. The molecule has 0 aliphatic carbocycles. The largest absolute Gasteiger partial charge is 0.370 e. The smallest absolute Gasteiger partial charge is 0.129 e. The van der Waals surface area contributed by atoms with Crippen molar-refractivity contribution in [3.63, 3.8) is 0 Å². The molecule has 0 unspecified atom stereocenters. The first-order chi connectivity index (χ1) is 8.40. The minimum atomic E-state index is 1.08. The maximum atomic E-state index is 4.67. The number of rotatable bonds is 4. The number of hydrogen-bond acceptors (Lipinski definition) is 2. The van der Waals surface area contributed by atoms with Crippen LogP contribution in [0.3, 0.4) is 0 Å². The number of unbranched alkanes of at least 4 members (excludes halogenated alkanes) is 2. The molecule has 17 heavy (non-hydrogen) atoms. The van der Waals surface area contributed by atoms with Crippen molar-refractivity contribution in [3.8, 4) is 0 Å². The highest BCUT2D eigenvalue weighted by Gasteiger charge is 2.09. The first-order valence-electron chi connectivity index (χ1n) is 7.13. The molecule has 0 atom stereocenters. The molecule has 96 valence electrons. The van der Waals surface area contributed by atoms with E-state index in [1.54, 1.807) is 0 Å². The normalized spacial score (nSPS) is 13.1. The fourth-order valence-electron chi connectivity index (χ4n) is 2.06. The Kier molecular flexibility index (Phi) is 6.68. The molecule has 2 nitrogen and oxygen atoms in total. The van der Waals surface area contributed by atoms with Crippen LogP contribution < -0.4 is 5.32 Å². The fourth-order valence-corrected chi connectivity index (χ4v) is 2.06. The lowest BCUT2D eigenvalue weighted by Gasteiger charge is -2.17. The number of fused-ring (bicyclic) bond motifs is 1. The van der Waals surface area contributed by atoms with Crippen LogP contribution >= 0.6 is 0 Å². The quantitative estimate of drug-likeness (QED) is 0.790. The van der Waals surface area contributed by atoms with Crippen LogP contribution in [0.4, 0.5) is 5.82 Å². The van der Waals surface area contributed by atoms with Gasteiger partial charge in [0, 0.05) is 12.2 Å². The van der Waals surface area contributed by atoms with Crippen molar-refractivity contribution in [2.45, 2.75) is 59.3 Å². The van der Waals surface area contributed by atoms with Crippen molar-refractivity contribution in [2.24, 2.45) is 0 Å². The molecule has 2 rings (SSSR count). The Morgan fingerprint density at radius 3 is 2.82 bits per heavy atom. The third kappa shape index (κ3) is 4.37. The van der Waals surface area contributed by atoms with Gasteiger partial charge in [-0.15, -0.1) is 0 Å². The van der Waals surface area contributed by atoms with E-state index in [2.05, 4.69) is 29.4 Å². The Morgan fingerprint density at radius 1 is 1.24 bits per heavy atom. The first kappa shape index (κ1) is 14.0. The molecule has 0 fully saturated rings. The number of pyridine rings is 1. The van der Waals surface area contributed by atoms with Crippen molar-refractivity contribution in [3.05, 3.63) is 23.4 Å². The second-order valence-electron chi connectivity index (χ2n) is 4.30. The van der Waals surface area contributed by atoms with E-state index >= 15 is 0 Å². The van der Waals surface area contributed by atoms with Gasteiger partial charge in [-0.25, -0.2) is 4.98 Å². The van der Waals surface area contributed by atoms with Gasteiger partial charge in [-0.05, 0) is 37.3 Å². The lowest BCUT2D eigenvalue weighted by atomic mass is 10.1. The summed E-state index contributed by atoms with van der Waals surface area (Å²) >= 11 is 0. The van der Waals surface area contributed by atoms with Gasteiger partial charge in [0.25, 0.3) is 0 Å². The maximum Gasteiger partial charge on any atom is 0.129 e. The average molecular weight is 234 g/mol. The Morgan fingerprint density at radius 2 is 2.06 bits per heavy atom. The number of anilines is 1. The molecule has 1 N–H and O–H groups in total. The van der Waals surface area contributed by atoms with Gasteiger partial charge in [-0.2, -0.15) is 0 Å². The molecule has 1 aliphatic heterocycles. The standard InChI is InChI=1S/C13H20N2.C2H6/c1-2-3-4-7-12-9-8-11-6-5-10-14-13(11)15-12;1-2/h8-9H,2-7,10H2,1H3,(H,14,15);1-2H3. The molecule has 0 aromatic carbocycles. The van der Waals surface area contributed by atoms with Crippen LogP contribution in [0, 0.1) is 0 Å². The molecule has 0 saturated heterocycles. The monoisotopic (exact) mass is 234 g/mol. The highest BCUT2D eigenvalue weighted by atomic mass is 15.0. The van der Waals surface area contributed by atoms with E-state index in [0.717, 1.165) is 18.8 Å². The van der Waals surface area contributed by atoms with Gasteiger partial charge in [0.05, 0.1) is 0 Å². The molecule has 0 saturated carbocycles. The van der Waals surface area contributed by atoms with Crippen molar-refractivity contribution < 1.29 is 0 Å². The van der Waals surface area contributed by atoms with Gasteiger partial charge in [-0.3, -0.25) is 0 Å². The molecule has 2 heterocycles. The van der Waals surface area contributed by atoms with E-state index in [1.807, 2.05) is 13.8 Å². The molecule has 1 aromatic heterocycles. The molecule has 2 heteroatoms. The predicted molar refractivity (Wildman–Crippen MR) is 75.6 cm³/mol. The highest BCUT2D eigenvalue weighted by Crippen LogP contribution is 2.20. The topological polar surface area (TPSA) is 24.9 Å². The van der Waals surface area contributed by atoms with Gasteiger partial charge in [0.2, 0.25) is 0 Å². The molecular formula is C15H26N2. The third-order valence-electron chi connectivity index (χ3n) is 2.99. The molecule has 0 spiro atoms. The van der Waals surface area contributed by atoms with E-state index < -0.39 is 0 Å². The van der Waals surface area contributed by atoms with E-state index in [4.69, 9.17) is 0 Å². The van der Waals surface area contributed by atoms with Gasteiger partial charge < -0.3 is 5.32 Å². The zero-order valence-corrected chi connectivity index (χ0v) is 11.6. The summed E-state index contributed by atoms with van der Waals surface area (Å²) in [6, 6.07) is 4.44. The van der Waals surface area contributed by atoms with Crippen LogP contribution in [0.1, 0.15) is 57.7 Å². The summed E-state index contributed by atoms with van der Waals surface area (Å²) in [6.07, 6.45) is 7.41. The van der Waals surface area contributed by atoms with Crippen LogP contribution in [0.25, 0.3) is 0 Å². The molecule has 1 aromatic rings. The third-order valence-corrected chi connectivity index (χ3v) is 2.99. The van der Waals surface area contributed by atoms with Gasteiger partial charge in [-0.1, -0.05) is 39.7 Å². The number of aryl methyl sites for hydroxylation is 2. The maximum absolute atomic E-state index is 4.67. The molecular weight excluding hydrogens is 208 g/mol. The van der Waals surface area contributed by atoms with E-state index in [-0.39, 0.29) is 0 Å². The van der Waals surface area contributed by atoms with E-state index in [1.165, 1.54) is 43.4 Å². The lowest BCUT2D eigenvalue weighted by Crippen LogP contribution is -2.13. The van der Waals surface area contributed by atoms with Crippen LogP contribution in [0.15, 0.2) is 12.1 Å². The van der Waals surface area contributed by atoms with Crippen LogP contribution in [0.5, 0.6) is 0 Å². The minimum absolute atomic E-state index is 1.08. The predicted octanol–water partition coefficient (Wildman–Crippen LogP) is 4.20. The zero-order valence-electron chi connectivity index (χ0n) is 11.6. The Labute approximate surface area is 106 Å². The molecule has 0 radical (unpaired) electrons. The summed E-state index contributed by atoms with van der Waals surface area (Å²) in [5.74, 6) is 1.13. The minimum Gasteiger partial charge on any atom is -0.370 e. The summed E-state index contributed by atoms with van der Waals surface area (Å²) in [4.78, 5) is 4.67. The van der Waals surface area contributed by atoms with E-state index in [9.17, 15) is 0 Å². The SMILES string of the molecule is CC.CCCCCc1ccc2c(n1)NCCC2. The van der Waals surface area contributed by atoms with Crippen molar-refractivity contribution in [2.75, 3.05) is 11.9 Å². The summed E-state index contributed by atoms with van der Waals surface area (Å²) in [7, 11) is 0. The first-order valence-corrected chi connectivity index (χ1v) is 7.13. The van der Waals surface area contributed by atoms with Gasteiger partial charge in [0.1, 0.15) is 5.82 Å². The lowest BCUT2D eigenvalue weighted by molar-refractivity contribution is 0.705. The summed E-state index contributed by atoms with van der Waals surface area (Å²) < 4.78 is 0. The van der Waals surface area contributed by atoms with E-state index in [0.29, 0.717) is 0 Å². The van der Waals surface area contributed by atoms with Crippen molar-refractivity contribution >= 4 is 5.82 Å². The van der Waals surface area contributed by atoms with Gasteiger partial charge in [0.15, 0.2) is 0 Å². The number of nitrogens with one attached hydrogen (secondary N) is 1. The van der Waals surface area contributed by atoms with Crippen LogP contribution in [0.2, 0.25) is 0 Å². The highest BCUT2D eigenvalue weighted by molar-refractivity contribution is 5.46. The Hall–Kier alpha value is -1.05. The van der Waals surface area contributed by atoms with Crippen molar-refractivity contribution in [1.29, 1.82) is 0 Å². The average Bonchev–Trinajstić information content (AvgIpc) is 2.41. The number of nitrogens with zero attached hydrogens (tertiary/aromatic N) is 1. The summed E-state index contributed by atoms with van der Waals surface area (Å²) in [6.45, 7) is 7.32. The summed E-state index contributed by atoms with van der Waals surface area (Å²) in [5, 5.41) is 3.38. The summed E-state index contributed by atoms with van der Waals surface area (Å²) in [5.41, 5.74) is 2.64. The number of hydrogen-bond donors (Lipinski definition) is 1. The number of aromatic nitrogens is 1. The van der Waals surface area contributed by atoms with Gasteiger partial charge >= 0.3 is 0 Å². The second-order valence-corrected chi connectivity index (χ2v) is 4.30. The Balaban J connectivity index is 0.000000686. The second kappa shape index (κ2) is 8.10.